The number of aldehydes is 1. The lowest BCUT2D eigenvalue weighted by atomic mass is 10.1. The molecule has 0 saturated heterocycles. The van der Waals surface area contributed by atoms with Gasteiger partial charge in [-0.05, 0) is 18.6 Å². The molecule has 0 spiro atoms. The van der Waals surface area contributed by atoms with Crippen LogP contribution in [0.4, 0.5) is 10.1 Å². The number of nitrogens with two attached hydrogens (primary N) is 1. The molecule has 0 saturated carbocycles. The molecule has 0 atom stereocenters. The normalized spacial score (nSPS) is 10.2. The third kappa shape index (κ3) is 1.99. The topological polar surface area (TPSA) is 68.9 Å². The number of hydrogen-bond donors (Lipinski definition) is 1. The molecule has 2 N–H and O–H groups in total. The summed E-state index contributed by atoms with van der Waals surface area (Å²) in [5.41, 5.74) is 6.74. The van der Waals surface area contributed by atoms with Gasteiger partial charge in [0.1, 0.15) is 11.5 Å². The monoisotopic (exact) mass is 231 g/mol. The van der Waals surface area contributed by atoms with Crippen LogP contribution in [0.25, 0.3) is 11.4 Å². The quantitative estimate of drug-likeness (QED) is 0.802. The molecule has 1 aromatic carbocycles. The van der Waals surface area contributed by atoms with E-state index in [1.807, 2.05) is 0 Å². The minimum atomic E-state index is -0.424. The fraction of sp³-hybridized carbons (Fsp3) is 0.0833. The summed E-state index contributed by atoms with van der Waals surface area (Å²) in [6, 6.07) is 4.67. The summed E-state index contributed by atoms with van der Waals surface area (Å²) in [6.07, 6.45) is 1.83. The minimum Gasteiger partial charge on any atom is -0.396 e. The van der Waals surface area contributed by atoms with Gasteiger partial charge in [0.15, 0.2) is 12.1 Å². The third-order valence-electron chi connectivity index (χ3n) is 2.41. The first-order chi connectivity index (χ1) is 8.13. The molecule has 1 aromatic heterocycles. The Balaban J connectivity index is 2.65. The molecule has 0 bridgehead atoms. The highest BCUT2D eigenvalue weighted by atomic mass is 19.1. The van der Waals surface area contributed by atoms with E-state index in [-0.39, 0.29) is 22.8 Å². The van der Waals surface area contributed by atoms with Crippen molar-refractivity contribution in [2.45, 2.75) is 6.92 Å². The van der Waals surface area contributed by atoms with E-state index in [0.29, 0.717) is 11.8 Å². The summed E-state index contributed by atoms with van der Waals surface area (Å²) < 4.78 is 13.7. The average Bonchev–Trinajstić information content (AvgIpc) is 2.31. The van der Waals surface area contributed by atoms with Crippen LogP contribution in [0.5, 0.6) is 0 Å². The summed E-state index contributed by atoms with van der Waals surface area (Å²) in [5.74, 6) is -0.261. The van der Waals surface area contributed by atoms with Crippen molar-refractivity contribution in [3.05, 3.63) is 41.5 Å². The number of aromatic nitrogens is 2. The zero-order valence-corrected chi connectivity index (χ0v) is 9.14. The number of rotatable bonds is 2. The van der Waals surface area contributed by atoms with Crippen molar-refractivity contribution in [3.63, 3.8) is 0 Å². The fourth-order valence-corrected chi connectivity index (χ4v) is 1.53. The van der Waals surface area contributed by atoms with Gasteiger partial charge < -0.3 is 5.73 Å². The molecule has 2 aromatic rings. The smallest absolute Gasteiger partial charge is 0.170 e. The first-order valence-electron chi connectivity index (χ1n) is 4.96. The van der Waals surface area contributed by atoms with Gasteiger partial charge in [-0.15, -0.1) is 0 Å². The standard InChI is InChI=1S/C12H10FN3O/c1-7-3-2-4-8(13)11(7)12-15-5-9(14)10(6-17)16-12/h2-6H,14H2,1H3. The van der Waals surface area contributed by atoms with Crippen LogP contribution < -0.4 is 5.73 Å². The highest BCUT2D eigenvalue weighted by molar-refractivity contribution is 5.81. The Bertz CT molecular complexity index is 564. The Morgan fingerprint density at radius 2 is 2.18 bits per heavy atom. The maximum absolute atomic E-state index is 13.7. The highest BCUT2D eigenvalue weighted by Crippen LogP contribution is 2.23. The average molecular weight is 231 g/mol. The number of carbonyl (C=O) groups is 1. The summed E-state index contributed by atoms with van der Waals surface area (Å²) in [5, 5.41) is 0. The molecule has 0 radical (unpaired) electrons. The number of halogens is 1. The van der Waals surface area contributed by atoms with Crippen LogP contribution in [0.15, 0.2) is 24.4 Å². The molecular formula is C12H10FN3O. The molecule has 1 heterocycles. The molecule has 17 heavy (non-hydrogen) atoms. The van der Waals surface area contributed by atoms with E-state index in [0.717, 1.165) is 0 Å². The second-order valence-electron chi connectivity index (χ2n) is 3.58. The highest BCUT2D eigenvalue weighted by Gasteiger charge is 2.12. The van der Waals surface area contributed by atoms with E-state index in [9.17, 15) is 9.18 Å². The van der Waals surface area contributed by atoms with Crippen LogP contribution in [0.2, 0.25) is 0 Å². The predicted molar refractivity (Wildman–Crippen MR) is 62.0 cm³/mol. The summed E-state index contributed by atoms with van der Waals surface area (Å²) in [4.78, 5) is 18.6. The minimum absolute atomic E-state index is 0.0673. The molecule has 0 fully saturated rings. The zero-order valence-electron chi connectivity index (χ0n) is 9.14. The van der Waals surface area contributed by atoms with E-state index in [4.69, 9.17) is 5.73 Å². The van der Waals surface area contributed by atoms with Crippen LogP contribution in [0, 0.1) is 12.7 Å². The second kappa shape index (κ2) is 4.29. The maximum Gasteiger partial charge on any atom is 0.170 e. The lowest BCUT2D eigenvalue weighted by Crippen LogP contribution is -2.02. The number of nitrogen functional groups attached to an aromatic ring is 1. The van der Waals surface area contributed by atoms with E-state index in [1.165, 1.54) is 12.3 Å². The summed E-state index contributed by atoms with van der Waals surface area (Å²) in [7, 11) is 0. The van der Waals surface area contributed by atoms with Crippen LogP contribution in [0.1, 0.15) is 16.1 Å². The van der Waals surface area contributed by atoms with Gasteiger partial charge in [0.25, 0.3) is 0 Å². The lowest BCUT2D eigenvalue weighted by Gasteiger charge is -2.06. The fourth-order valence-electron chi connectivity index (χ4n) is 1.53. The van der Waals surface area contributed by atoms with Crippen molar-refractivity contribution in [1.82, 2.24) is 9.97 Å². The van der Waals surface area contributed by atoms with Gasteiger partial charge in [0.2, 0.25) is 0 Å². The third-order valence-corrected chi connectivity index (χ3v) is 2.41. The molecule has 5 heteroatoms. The van der Waals surface area contributed by atoms with E-state index in [2.05, 4.69) is 9.97 Å². The number of nitrogens with zero attached hydrogens (tertiary/aromatic N) is 2. The van der Waals surface area contributed by atoms with Crippen molar-refractivity contribution in [2.75, 3.05) is 5.73 Å². The molecule has 0 aliphatic rings. The number of benzene rings is 1. The second-order valence-corrected chi connectivity index (χ2v) is 3.58. The van der Waals surface area contributed by atoms with E-state index < -0.39 is 5.82 Å². The number of carbonyl (C=O) groups excluding carboxylic acids is 1. The van der Waals surface area contributed by atoms with Gasteiger partial charge >= 0.3 is 0 Å². The van der Waals surface area contributed by atoms with E-state index >= 15 is 0 Å². The number of aryl methyl sites for hydroxylation is 1. The van der Waals surface area contributed by atoms with Gasteiger partial charge in [0, 0.05) is 0 Å². The Morgan fingerprint density at radius 1 is 1.41 bits per heavy atom. The van der Waals surface area contributed by atoms with Gasteiger partial charge in [0.05, 0.1) is 17.4 Å². The van der Waals surface area contributed by atoms with E-state index in [1.54, 1.807) is 19.1 Å². The van der Waals surface area contributed by atoms with Crippen molar-refractivity contribution in [2.24, 2.45) is 0 Å². The Morgan fingerprint density at radius 3 is 2.82 bits per heavy atom. The molecule has 86 valence electrons. The predicted octanol–water partition coefficient (Wildman–Crippen LogP) is 1.99. The van der Waals surface area contributed by atoms with Crippen LogP contribution in [0.3, 0.4) is 0 Å². The van der Waals surface area contributed by atoms with Gasteiger partial charge in [-0.1, -0.05) is 12.1 Å². The van der Waals surface area contributed by atoms with Gasteiger partial charge in [-0.2, -0.15) is 0 Å². The molecule has 0 aliphatic carbocycles. The molecule has 0 unspecified atom stereocenters. The van der Waals surface area contributed by atoms with Crippen molar-refractivity contribution >= 4 is 12.0 Å². The molecular weight excluding hydrogens is 221 g/mol. The molecule has 4 nitrogen and oxygen atoms in total. The molecule has 2 rings (SSSR count). The van der Waals surface area contributed by atoms with Gasteiger partial charge in [-0.25, -0.2) is 14.4 Å². The molecule has 0 aliphatic heterocycles. The zero-order chi connectivity index (χ0) is 12.4. The van der Waals surface area contributed by atoms with Crippen LogP contribution >= 0.6 is 0 Å². The largest absolute Gasteiger partial charge is 0.396 e. The summed E-state index contributed by atoms with van der Waals surface area (Å²) in [6.45, 7) is 1.75. The first kappa shape index (κ1) is 11.2. The van der Waals surface area contributed by atoms with Crippen molar-refractivity contribution in [1.29, 1.82) is 0 Å². The SMILES string of the molecule is Cc1cccc(F)c1-c1ncc(N)c(C=O)n1. The van der Waals surface area contributed by atoms with Crippen LogP contribution in [-0.2, 0) is 0 Å². The van der Waals surface area contributed by atoms with Crippen molar-refractivity contribution in [3.8, 4) is 11.4 Å². The number of anilines is 1. The Kier molecular flexibility index (Phi) is 2.82. The van der Waals surface area contributed by atoms with Crippen molar-refractivity contribution < 1.29 is 9.18 Å². The summed E-state index contributed by atoms with van der Waals surface area (Å²) >= 11 is 0. The Hall–Kier alpha value is -2.30. The number of hydrogen-bond acceptors (Lipinski definition) is 4. The lowest BCUT2D eigenvalue weighted by molar-refractivity contribution is 0.112. The first-order valence-corrected chi connectivity index (χ1v) is 4.96. The van der Waals surface area contributed by atoms with Gasteiger partial charge in [-0.3, -0.25) is 4.79 Å². The maximum atomic E-state index is 13.7. The Labute approximate surface area is 97.3 Å². The molecule has 0 amide bonds. The van der Waals surface area contributed by atoms with Crippen LogP contribution in [-0.4, -0.2) is 16.3 Å².